The smallest absolute Gasteiger partial charge is 0.412 e. The topological polar surface area (TPSA) is 149 Å². The van der Waals surface area contributed by atoms with Crippen molar-refractivity contribution in [1.29, 1.82) is 5.26 Å². The van der Waals surface area contributed by atoms with Gasteiger partial charge in [-0.25, -0.2) is 18.6 Å². The van der Waals surface area contributed by atoms with Crippen molar-refractivity contribution in [2.75, 3.05) is 56.3 Å². The standard InChI is InChI=1S/C33H35F2N9O4S/c1-33(2,3)48-32(46)41-29-16(9-36)22-25(37-10-19(34)27(22)49-29)21-17-13-47-14-18(17)23-26(24(21)35)39-31(44-11-15(12-44)42(4)5)40-28(23)38-20-7-8-43(6)30(20)45/h10,15,20H,7-8,11-14H2,1-6H3,(H,41,46)(H,38,39,40)/t20-/m1/s1. The van der Waals surface area contributed by atoms with Crippen LogP contribution >= 0.6 is 11.3 Å². The van der Waals surface area contributed by atoms with Crippen LogP contribution in [0.1, 0.15) is 43.9 Å². The van der Waals surface area contributed by atoms with Gasteiger partial charge >= 0.3 is 6.09 Å². The van der Waals surface area contributed by atoms with Crippen LogP contribution in [0.25, 0.3) is 32.2 Å². The maximum atomic E-state index is 17.3. The number of nitriles is 1. The van der Waals surface area contributed by atoms with E-state index in [-0.39, 0.29) is 62.6 Å². The molecule has 256 valence electrons. The molecule has 0 spiro atoms. The van der Waals surface area contributed by atoms with Crippen molar-refractivity contribution in [2.45, 2.75) is 58.1 Å². The number of anilines is 3. The summed E-state index contributed by atoms with van der Waals surface area (Å²) in [6.45, 7) is 7.01. The Labute approximate surface area is 284 Å². The third kappa shape index (κ3) is 5.65. The number of nitrogens with one attached hydrogen (secondary N) is 2. The average molecular weight is 692 g/mol. The predicted molar refractivity (Wildman–Crippen MR) is 180 cm³/mol. The highest BCUT2D eigenvalue weighted by Gasteiger charge is 2.36. The van der Waals surface area contributed by atoms with Crippen LogP contribution in [0, 0.1) is 23.0 Å². The summed E-state index contributed by atoms with van der Waals surface area (Å²) in [5.41, 5.74) is 0.178. The van der Waals surface area contributed by atoms with Crippen LogP contribution in [0.3, 0.4) is 0 Å². The quantitative estimate of drug-likeness (QED) is 0.287. The molecule has 1 aromatic carbocycles. The number of carbonyl (C=O) groups is 2. The van der Waals surface area contributed by atoms with E-state index < -0.39 is 29.4 Å². The van der Waals surface area contributed by atoms with Gasteiger partial charge in [0.25, 0.3) is 0 Å². The van der Waals surface area contributed by atoms with E-state index in [1.54, 1.807) is 32.7 Å². The summed E-state index contributed by atoms with van der Waals surface area (Å²) in [7, 11) is 5.70. The van der Waals surface area contributed by atoms with Gasteiger partial charge in [-0.2, -0.15) is 10.2 Å². The van der Waals surface area contributed by atoms with Crippen molar-refractivity contribution in [2.24, 2.45) is 0 Å². The number of hydrogen-bond donors (Lipinski definition) is 2. The molecule has 0 saturated carbocycles. The molecule has 3 aliphatic heterocycles. The molecule has 0 radical (unpaired) electrons. The van der Waals surface area contributed by atoms with Crippen LogP contribution < -0.4 is 15.5 Å². The molecule has 3 aromatic heterocycles. The average Bonchev–Trinajstić information content (AvgIpc) is 3.70. The number of ether oxygens (including phenoxy) is 2. The lowest BCUT2D eigenvalue weighted by molar-refractivity contribution is -0.127. The minimum atomic E-state index is -0.824. The van der Waals surface area contributed by atoms with E-state index >= 15 is 8.78 Å². The number of hydrogen-bond acceptors (Lipinski definition) is 12. The van der Waals surface area contributed by atoms with Gasteiger partial charge in [-0.3, -0.25) is 15.1 Å². The van der Waals surface area contributed by atoms with Crippen molar-refractivity contribution >= 4 is 61.1 Å². The number of aromatic nitrogens is 3. The van der Waals surface area contributed by atoms with E-state index in [0.717, 1.165) is 17.5 Å². The molecule has 2 saturated heterocycles. The normalized spacial score (nSPS) is 18.0. The molecule has 2 fully saturated rings. The van der Waals surface area contributed by atoms with Gasteiger partial charge in [0.1, 0.15) is 34.0 Å². The Kier molecular flexibility index (Phi) is 8.04. The Morgan fingerprint density at radius 1 is 1.18 bits per heavy atom. The highest BCUT2D eigenvalue weighted by Crippen LogP contribution is 2.47. The number of benzene rings is 1. The molecule has 49 heavy (non-hydrogen) atoms. The number of halogens is 2. The van der Waals surface area contributed by atoms with Crippen LogP contribution in [0.4, 0.5) is 30.3 Å². The summed E-state index contributed by atoms with van der Waals surface area (Å²) in [6, 6.07) is 1.76. The maximum Gasteiger partial charge on any atom is 0.412 e. The minimum absolute atomic E-state index is 0.00996. The Bertz CT molecular complexity index is 2090. The van der Waals surface area contributed by atoms with E-state index in [2.05, 4.69) is 26.6 Å². The lowest BCUT2D eigenvalue weighted by Gasteiger charge is -2.42. The number of thiophene rings is 1. The van der Waals surface area contributed by atoms with Crippen LogP contribution in [0.5, 0.6) is 0 Å². The molecule has 16 heteroatoms. The van der Waals surface area contributed by atoms with Crippen LogP contribution in [-0.4, -0.2) is 95.2 Å². The number of nitrogens with zero attached hydrogens (tertiary/aromatic N) is 7. The van der Waals surface area contributed by atoms with Gasteiger partial charge in [0.05, 0.1) is 40.8 Å². The van der Waals surface area contributed by atoms with Crippen molar-refractivity contribution in [1.82, 2.24) is 24.8 Å². The van der Waals surface area contributed by atoms with Crippen molar-refractivity contribution in [3.63, 3.8) is 0 Å². The van der Waals surface area contributed by atoms with Gasteiger partial charge in [0.2, 0.25) is 11.9 Å². The first kappa shape index (κ1) is 32.8. The van der Waals surface area contributed by atoms with Gasteiger partial charge < -0.3 is 29.5 Å². The second-order valence-corrected chi connectivity index (χ2v) is 14.7. The number of carbonyl (C=O) groups excluding carboxylic acids is 2. The zero-order valence-corrected chi connectivity index (χ0v) is 28.7. The fourth-order valence-corrected chi connectivity index (χ4v) is 7.47. The number of fused-ring (bicyclic) bond motifs is 4. The Balaban J connectivity index is 1.43. The summed E-state index contributed by atoms with van der Waals surface area (Å²) in [4.78, 5) is 45.2. The van der Waals surface area contributed by atoms with E-state index in [4.69, 9.17) is 19.4 Å². The van der Waals surface area contributed by atoms with Crippen molar-refractivity contribution in [3.8, 4) is 17.3 Å². The van der Waals surface area contributed by atoms with Crippen LogP contribution in [0.15, 0.2) is 6.20 Å². The molecule has 13 nitrogen and oxygen atoms in total. The molecule has 0 unspecified atom stereocenters. The Morgan fingerprint density at radius 2 is 1.92 bits per heavy atom. The van der Waals surface area contributed by atoms with Gasteiger partial charge in [-0.15, -0.1) is 11.3 Å². The highest BCUT2D eigenvalue weighted by molar-refractivity contribution is 7.23. The number of likely N-dealkylation sites (N-methyl/N-ethyl adjacent to an activating group) is 2. The van der Waals surface area contributed by atoms with Crippen LogP contribution in [-0.2, 0) is 27.5 Å². The number of amides is 2. The van der Waals surface area contributed by atoms with Crippen molar-refractivity contribution < 1.29 is 27.8 Å². The molecule has 2 N–H and O–H groups in total. The molecule has 2 amide bonds. The van der Waals surface area contributed by atoms with Gasteiger partial charge in [0, 0.05) is 43.7 Å². The second-order valence-electron chi connectivity index (χ2n) is 13.7. The second kappa shape index (κ2) is 12.0. The monoisotopic (exact) mass is 691 g/mol. The van der Waals surface area contributed by atoms with E-state index in [0.29, 0.717) is 54.3 Å². The van der Waals surface area contributed by atoms with Gasteiger partial charge in [-0.05, 0) is 52.4 Å². The molecule has 1 atom stereocenters. The fourth-order valence-electron chi connectivity index (χ4n) is 6.43. The third-order valence-electron chi connectivity index (χ3n) is 9.03. The number of rotatable bonds is 6. The predicted octanol–water partition coefficient (Wildman–Crippen LogP) is 4.83. The zero-order chi connectivity index (χ0) is 34.9. The van der Waals surface area contributed by atoms with Gasteiger partial charge in [-0.1, -0.05) is 0 Å². The third-order valence-corrected chi connectivity index (χ3v) is 10.1. The molecule has 0 bridgehead atoms. The van der Waals surface area contributed by atoms with Crippen LogP contribution in [0.2, 0.25) is 0 Å². The lowest BCUT2D eigenvalue weighted by Crippen LogP contribution is -2.58. The largest absolute Gasteiger partial charge is 0.444 e. The summed E-state index contributed by atoms with van der Waals surface area (Å²) < 4.78 is 43.9. The first-order valence-corrected chi connectivity index (χ1v) is 16.6. The SMILES string of the molecule is CN1CC[C@@H](Nc2nc(N3CC(N(C)C)C3)nc3c(F)c(-c4ncc(F)c5sc(NC(=O)OC(C)(C)C)c(C#N)c45)c4c(c23)COC4)C1=O. The zero-order valence-electron chi connectivity index (χ0n) is 27.9. The molecule has 4 aromatic rings. The van der Waals surface area contributed by atoms with Crippen molar-refractivity contribution in [3.05, 3.63) is 34.5 Å². The van der Waals surface area contributed by atoms with E-state index in [1.165, 1.54) is 0 Å². The summed E-state index contributed by atoms with van der Waals surface area (Å²) >= 11 is 0.836. The lowest BCUT2D eigenvalue weighted by atomic mass is 9.93. The molecule has 7 rings (SSSR count). The molecule has 6 heterocycles. The molecule has 0 aliphatic carbocycles. The van der Waals surface area contributed by atoms with E-state index in [1.807, 2.05) is 19.0 Å². The molecular weight excluding hydrogens is 656 g/mol. The Morgan fingerprint density at radius 3 is 2.57 bits per heavy atom. The number of likely N-dealkylation sites (tertiary alicyclic amines) is 1. The molecule has 3 aliphatic rings. The summed E-state index contributed by atoms with van der Waals surface area (Å²) in [5.74, 6) is -0.955. The highest BCUT2D eigenvalue weighted by atomic mass is 32.1. The van der Waals surface area contributed by atoms with E-state index in [9.17, 15) is 14.9 Å². The van der Waals surface area contributed by atoms with Gasteiger partial charge in [0.15, 0.2) is 11.6 Å². The fraction of sp³-hybridized carbons (Fsp3) is 0.455. The summed E-state index contributed by atoms with van der Waals surface area (Å²) in [6.07, 6.45) is 0.699. The first-order valence-electron chi connectivity index (χ1n) is 15.8. The number of pyridine rings is 1. The summed E-state index contributed by atoms with van der Waals surface area (Å²) in [5, 5.41) is 16.6. The minimum Gasteiger partial charge on any atom is -0.444 e. The molecular formula is C33H35F2N9O4S. The Hall–Kier alpha value is -4.72. The first-order chi connectivity index (χ1) is 23.3. The maximum absolute atomic E-state index is 17.3.